The zero-order chi connectivity index (χ0) is 28.4. The number of nitrogens with zero attached hydrogens (tertiary/aromatic N) is 8. The van der Waals surface area contributed by atoms with Crippen molar-refractivity contribution in [1.82, 2.24) is 34.9 Å². The average Bonchev–Trinajstić information content (AvgIpc) is 3.75. The Kier molecular flexibility index (Phi) is 7.78. The van der Waals surface area contributed by atoms with Crippen molar-refractivity contribution in [3.63, 3.8) is 0 Å². The topological polar surface area (TPSA) is 121 Å². The fourth-order valence-corrected chi connectivity index (χ4v) is 6.77. The third-order valence-corrected chi connectivity index (χ3v) is 10.1. The summed E-state index contributed by atoms with van der Waals surface area (Å²) in [5.74, 6) is 1.17. The van der Waals surface area contributed by atoms with Crippen molar-refractivity contribution >= 4 is 47.1 Å². The molecular formula is C29H35N9OSSi. The van der Waals surface area contributed by atoms with E-state index in [2.05, 4.69) is 51.0 Å². The summed E-state index contributed by atoms with van der Waals surface area (Å²) in [6, 6.07) is 8.90. The summed E-state index contributed by atoms with van der Waals surface area (Å²) in [5.41, 5.74) is 10.7. The summed E-state index contributed by atoms with van der Waals surface area (Å²) in [6.07, 6.45) is 13.7. The summed E-state index contributed by atoms with van der Waals surface area (Å²) in [7, 11) is -1.26. The molecule has 1 aliphatic carbocycles. The summed E-state index contributed by atoms with van der Waals surface area (Å²) in [6.45, 7) is 8.04. The van der Waals surface area contributed by atoms with Crippen LogP contribution in [0.1, 0.15) is 36.6 Å². The number of ether oxygens (including phenoxy) is 1. The van der Waals surface area contributed by atoms with Crippen molar-refractivity contribution in [2.45, 2.75) is 57.3 Å². The van der Waals surface area contributed by atoms with E-state index in [9.17, 15) is 0 Å². The minimum atomic E-state index is -1.26. The lowest BCUT2D eigenvalue weighted by Crippen LogP contribution is -2.26. The summed E-state index contributed by atoms with van der Waals surface area (Å²) < 4.78 is 8.11. The Labute approximate surface area is 244 Å². The Morgan fingerprint density at radius 3 is 2.71 bits per heavy atom. The Hall–Kier alpha value is -3.74. The Balaban J connectivity index is 1.46. The van der Waals surface area contributed by atoms with E-state index >= 15 is 0 Å². The molecule has 0 bridgehead atoms. The van der Waals surface area contributed by atoms with Crippen LogP contribution in [0.25, 0.3) is 27.8 Å². The molecule has 0 radical (unpaired) electrons. The number of hydrogen-bond donors (Lipinski definition) is 1. The predicted octanol–water partition coefficient (Wildman–Crippen LogP) is 6.42. The summed E-state index contributed by atoms with van der Waals surface area (Å²) in [5, 5.41) is 15.5. The second kappa shape index (κ2) is 11.6. The van der Waals surface area contributed by atoms with E-state index in [1.54, 1.807) is 34.6 Å². The van der Waals surface area contributed by atoms with E-state index in [4.69, 9.17) is 15.5 Å². The molecule has 12 heteroatoms. The lowest BCUT2D eigenvalue weighted by molar-refractivity contribution is 0.153. The van der Waals surface area contributed by atoms with Crippen molar-refractivity contribution in [3.05, 3.63) is 60.3 Å². The molecule has 0 saturated heterocycles. The molecule has 0 aromatic carbocycles. The maximum Gasteiger partial charge on any atom is 0.215 e. The van der Waals surface area contributed by atoms with Crippen LogP contribution in [0.15, 0.2) is 55.2 Å². The first-order valence-electron chi connectivity index (χ1n) is 14.0. The van der Waals surface area contributed by atoms with Gasteiger partial charge < -0.3 is 10.5 Å². The molecule has 6 rings (SSSR count). The van der Waals surface area contributed by atoms with Gasteiger partial charge in [0.15, 0.2) is 0 Å². The van der Waals surface area contributed by atoms with E-state index in [1.165, 1.54) is 12.8 Å². The molecular weight excluding hydrogens is 551 g/mol. The van der Waals surface area contributed by atoms with Gasteiger partial charge in [-0.15, -0.1) is 10.2 Å². The fourth-order valence-electron chi connectivity index (χ4n) is 5.01. The summed E-state index contributed by atoms with van der Waals surface area (Å²) in [4.78, 5) is 16.3. The van der Waals surface area contributed by atoms with Gasteiger partial charge in [-0.2, -0.15) is 5.10 Å². The van der Waals surface area contributed by atoms with Gasteiger partial charge in [0.05, 0.1) is 34.8 Å². The highest BCUT2D eigenvalue weighted by Crippen LogP contribution is 2.41. The van der Waals surface area contributed by atoms with Crippen molar-refractivity contribution in [2.75, 3.05) is 24.0 Å². The molecule has 0 atom stereocenters. The molecule has 10 nitrogen and oxygen atoms in total. The third-order valence-electron chi connectivity index (χ3n) is 7.31. The van der Waals surface area contributed by atoms with E-state index < -0.39 is 8.07 Å². The molecule has 41 heavy (non-hydrogen) atoms. The van der Waals surface area contributed by atoms with Gasteiger partial charge in [0.25, 0.3) is 0 Å². The first kappa shape index (κ1) is 27.4. The molecule has 0 aliphatic heterocycles. The maximum absolute atomic E-state index is 6.31. The molecule has 5 aromatic rings. The van der Waals surface area contributed by atoms with Gasteiger partial charge in [-0.25, -0.2) is 9.67 Å². The van der Waals surface area contributed by atoms with Gasteiger partial charge in [-0.1, -0.05) is 43.8 Å². The summed E-state index contributed by atoms with van der Waals surface area (Å²) >= 11 is 1.63. The number of nitrogen functional groups attached to an aromatic ring is 1. The van der Waals surface area contributed by atoms with Crippen molar-refractivity contribution < 1.29 is 4.74 Å². The van der Waals surface area contributed by atoms with Crippen LogP contribution >= 0.6 is 11.3 Å². The van der Waals surface area contributed by atoms with Crippen LogP contribution in [-0.4, -0.2) is 56.3 Å². The molecule has 2 N–H and O–H groups in total. The Morgan fingerprint density at radius 1 is 1.07 bits per heavy atom. The third kappa shape index (κ3) is 6.29. The number of aromatic nitrogens is 7. The van der Waals surface area contributed by atoms with Crippen LogP contribution in [0, 0.1) is 0 Å². The molecule has 212 valence electrons. The molecule has 5 heterocycles. The minimum absolute atomic E-state index is 0.303. The van der Waals surface area contributed by atoms with Crippen LogP contribution in [0.5, 0.6) is 0 Å². The molecule has 1 aliphatic rings. The van der Waals surface area contributed by atoms with Crippen LogP contribution in [0.3, 0.4) is 0 Å². The van der Waals surface area contributed by atoms with Crippen LogP contribution in [-0.2, 0) is 4.74 Å². The van der Waals surface area contributed by atoms with Gasteiger partial charge >= 0.3 is 0 Å². The lowest BCUT2D eigenvalue weighted by Gasteiger charge is -2.24. The van der Waals surface area contributed by atoms with E-state index in [0.29, 0.717) is 36.3 Å². The number of nitrogens with two attached hydrogens (primary N) is 1. The molecule has 0 amide bonds. The highest BCUT2D eigenvalue weighted by Gasteiger charge is 2.26. The zero-order valence-corrected chi connectivity index (χ0v) is 25.5. The quantitative estimate of drug-likeness (QED) is 0.112. The van der Waals surface area contributed by atoms with Gasteiger partial charge in [-0.3, -0.25) is 14.9 Å². The van der Waals surface area contributed by atoms with E-state index in [1.807, 2.05) is 35.5 Å². The smallest absolute Gasteiger partial charge is 0.215 e. The first-order chi connectivity index (χ1) is 19.8. The second-order valence-electron chi connectivity index (χ2n) is 11.7. The van der Waals surface area contributed by atoms with E-state index in [-0.39, 0.29) is 0 Å². The van der Waals surface area contributed by atoms with Crippen LogP contribution < -0.4 is 10.6 Å². The highest BCUT2D eigenvalue weighted by atomic mass is 32.1. The SMILES string of the molecule is C[Si](C)(C)CCOCN(c1nnc(C2CCCC2)s1)c1nc2cc(N)cnc2cc1-c1cncc(-n2cccn2)c1. The highest BCUT2D eigenvalue weighted by molar-refractivity contribution is 7.15. The van der Waals surface area contributed by atoms with Crippen LogP contribution in [0.4, 0.5) is 16.6 Å². The number of hydrogen-bond acceptors (Lipinski definition) is 10. The number of rotatable bonds is 10. The molecule has 5 aromatic heterocycles. The zero-order valence-electron chi connectivity index (χ0n) is 23.7. The predicted molar refractivity (Wildman–Crippen MR) is 167 cm³/mol. The van der Waals surface area contributed by atoms with Crippen molar-refractivity contribution in [3.8, 4) is 16.8 Å². The van der Waals surface area contributed by atoms with Gasteiger partial charge in [0.2, 0.25) is 5.13 Å². The lowest BCUT2D eigenvalue weighted by atomic mass is 10.1. The van der Waals surface area contributed by atoms with Gasteiger partial charge in [0.1, 0.15) is 17.6 Å². The van der Waals surface area contributed by atoms with Crippen molar-refractivity contribution in [2.24, 2.45) is 0 Å². The Bertz CT molecular complexity index is 1630. The fraction of sp³-hybridized carbons (Fsp3) is 0.379. The second-order valence-corrected chi connectivity index (χ2v) is 18.3. The number of anilines is 3. The number of pyridine rings is 3. The normalized spacial score (nSPS) is 14.2. The monoisotopic (exact) mass is 585 g/mol. The molecule has 1 saturated carbocycles. The van der Waals surface area contributed by atoms with E-state index in [0.717, 1.165) is 51.4 Å². The Morgan fingerprint density at radius 2 is 1.93 bits per heavy atom. The van der Waals surface area contributed by atoms with Crippen molar-refractivity contribution in [1.29, 1.82) is 0 Å². The molecule has 0 spiro atoms. The maximum atomic E-state index is 6.31. The first-order valence-corrected chi connectivity index (χ1v) is 18.6. The minimum Gasteiger partial charge on any atom is -0.397 e. The van der Waals surface area contributed by atoms with Gasteiger partial charge in [-0.05, 0) is 43.2 Å². The molecule has 1 fully saturated rings. The molecule has 0 unspecified atom stereocenters. The standard InChI is InChI=1S/C29H35N9OSSi/c1-41(2,3)12-11-39-19-37(29-36-35-28(40-29)20-7-4-5-8-20)27-24(15-25-26(34-27)14-22(30)17-32-25)21-13-23(18-31-16-21)38-10-6-9-33-38/h6,9-10,13-18,20H,4-5,7-8,11-12,19,30H2,1-3H3. The van der Waals surface area contributed by atoms with Crippen LogP contribution in [0.2, 0.25) is 25.7 Å². The number of fused-ring (bicyclic) bond motifs is 1. The largest absolute Gasteiger partial charge is 0.397 e. The van der Waals surface area contributed by atoms with Gasteiger partial charge in [0, 0.05) is 50.3 Å². The average molecular weight is 586 g/mol.